The molecule has 5 N–H and O–H groups in total. The molecule has 0 aliphatic carbocycles. The first-order chi connectivity index (χ1) is 15.0. The minimum absolute atomic E-state index is 0.0810. The summed E-state index contributed by atoms with van der Waals surface area (Å²) in [6.45, 7) is 3.60. The molecule has 0 fully saturated rings. The summed E-state index contributed by atoms with van der Waals surface area (Å²) in [4.78, 5) is 23.4. The zero-order valence-electron chi connectivity index (χ0n) is 17.5. The number of imidazole rings is 1. The van der Waals surface area contributed by atoms with Crippen molar-refractivity contribution in [2.24, 2.45) is 0 Å². The Morgan fingerprint density at radius 2 is 2.00 bits per heavy atom. The van der Waals surface area contributed by atoms with Crippen molar-refractivity contribution in [3.05, 3.63) is 81.8 Å². The average Bonchev–Trinajstić information content (AvgIpc) is 3.18. The number of hydrogen-bond acceptors (Lipinski definition) is 5. The van der Waals surface area contributed by atoms with Crippen molar-refractivity contribution in [1.29, 1.82) is 5.41 Å². The largest absolute Gasteiger partial charge is 0.394 e. The smallest absolute Gasteiger partial charge is 0.261 e. The molecule has 0 saturated heterocycles. The predicted octanol–water partition coefficient (Wildman–Crippen LogP) is 3.63. The summed E-state index contributed by atoms with van der Waals surface area (Å²) in [6.07, 6.45) is 2.19. The van der Waals surface area contributed by atoms with E-state index in [4.69, 9.17) is 5.41 Å². The second-order valence-corrected chi connectivity index (χ2v) is 7.71. The number of nitrogens with zero attached hydrogens (tertiary/aromatic N) is 1. The van der Waals surface area contributed by atoms with Gasteiger partial charge in [-0.2, -0.15) is 0 Å². The molecule has 4 aromatic rings. The lowest BCUT2D eigenvalue weighted by molar-refractivity contribution is 0.274. The summed E-state index contributed by atoms with van der Waals surface area (Å²) < 4.78 is 0. The highest BCUT2D eigenvalue weighted by molar-refractivity contribution is 6.00. The molecule has 7 heteroatoms. The van der Waals surface area contributed by atoms with Gasteiger partial charge in [0.1, 0.15) is 11.4 Å². The number of rotatable bonds is 7. The predicted molar refractivity (Wildman–Crippen MR) is 124 cm³/mol. The molecule has 0 spiro atoms. The zero-order valence-corrected chi connectivity index (χ0v) is 17.5. The van der Waals surface area contributed by atoms with E-state index in [0.717, 1.165) is 27.7 Å². The fraction of sp³-hybridized carbons (Fsp3) is 0.208. The molecule has 0 bridgehead atoms. The number of hydrogen-bond donors (Lipinski definition) is 5. The first kappa shape index (κ1) is 20.6. The molecule has 2 heterocycles. The minimum atomic E-state index is -0.276. The van der Waals surface area contributed by atoms with Crippen molar-refractivity contribution in [2.45, 2.75) is 26.3 Å². The molecule has 0 radical (unpaired) electrons. The number of benzene rings is 2. The average molecular weight is 415 g/mol. The number of aryl methyl sites for hydroxylation is 1. The molecular weight excluding hydrogens is 390 g/mol. The Balaban J connectivity index is 1.73. The van der Waals surface area contributed by atoms with Gasteiger partial charge >= 0.3 is 0 Å². The van der Waals surface area contributed by atoms with Gasteiger partial charge < -0.3 is 25.8 Å². The van der Waals surface area contributed by atoms with Crippen molar-refractivity contribution in [3.63, 3.8) is 0 Å². The number of aromatic amines is 2. The third-order valence-electron chi connectivity index (χ3n) is 5.31. The third-order valence-corrected chi connectivity index (χ3v) is 5.31. The van der Waals surface area contributed by atoms with E-state index in [9.17, 15) is 9.90 Å². The maximum atomic E-state index is 12.8. The van der Waals surface area contributed by atoms with Gasteiger partial charge in [0.2, 0.25) is 0 Å². The lowest BCUT2D eigenvalue weighted by Crippen LogP contribution is -2.28. The molecule has 158 valence electrons. The number of aliphatic hydroxyl groups excluding tert-OH is 1. The quantitative estimate of drug-likeness (QED) is 0.296. The molecule has 0 aliphatic rings. The van der Waals surface area contributed by atoms with E-state index in [1.807, 2.05) is 49.4 Å². The Hall–Kier alpha value is -3.71. The molecule has 2 aromatic heterocycles. The maximum Gasteiger partial charge on any atom is 0.261 e. The Morgan fingerprint density at radius 1 is 1.23 bits per heavy atom. The summed E-state index contributed by atoms with van der Waals surface area (Å²) in [5.41, 5.74) is 5.54. The van der Waals surface area contributed by atoms with Crippen molar-refractivity contribution < 1.29 is 5.11 Å². The molecule has 0 aliphatic heterocycles. The van der Waals surface area contributed by atoms with Crippen LogP contribution in [0.1, 0.15) is 23.6 Å². The van der Waals surface area contributed by atoms with E-state index >= 15 is 0 Å². The highest BCUT2D eigenvalue weighted by atomic mass is 16.3. The topological polar surface area (TPSA) is 118 Å². The van der Waals surface area contributed by atoms with E-state index in [1.165, 1.54) is 0 Å². The molecule has 2 aromatic carbocycles. The standard InChI is InChI=1S/C24H25N5O2/c1-14-10-17(15(2)25)12-20-22(14)29-23(28-20)21-19(8-9-26-24(21)31)27-18(13-30)11-16-6-4-3-5-7-16/h3-10,12,18,25,30H,11,13H2,1-2H3,(H,28,29)(H2,26,27,31). The highest BCUT2D eigenvalue weighted by Crippen LogP contribution is 2.27. The van der Waals surface area contributed by atoms with Crippen LogP contribution in [0.3, 0.4) is 0 Å². The number of anilines is 1. The van der Waals surface area contributed by atoms with Crippen molar-refractivity contribution in [2.75, 3.05) is 11.9 Å². The van der Waals surface area contributed by atoms with Gasteiger partial charge in [0.15, 0.2) is 0 Å². The van der Waals surface area contributed by atoms with E-state index in [0.29, 0.717) is 29.2 Å². The molecule has 0 saturated carbocycles. The Labute approximate surface area is 179 Å². The summed E-state index contributed by atoms with van der Waals surface area (Å²) in [5.74, 6) is 0.443. The van der Waals surface area contributed by atoms with Crippen LogP contribution >= 0.6 is 0 Å². The number of aromatic nitrogens is 3. The van der Waals surface area contributed by atoms with Gasteiger partial charge in [0.25, 0.3) is 5.56 Å². The van der Waals surface area contributed by atoms with Crippen LogP contribution in [0.25, 0.3) is 22.4 Å². The van der Waals surface area contributed by atoms with Gasteiger partial charge in [0.05, 0.1) is 29.4 Å². The molecule has 4 rings (SSSR count). The van der Waals surface area contributed by atoms with Crippen LogP contribution in [0.2, 0.25) is 0 Å². The van der Waals surface area contributed by atoms with Crippen LogP contribution in [-0.4, -0.2) is 38.4 Å². The van der Waals surface area contributed by atoms with E-state index < -0.39 is 0 Å². The molecule has 1 unspecified atom stereocenters. The number of fused-ring (bicyclic) bond motifs is 1. The lowest BCUT2D eigenvalue weighted by Gasteiger charge is -2.19. The number of pyridine rings is 1. The molecule has 7 nitrogen and oxygen atoms in total. The monoisotopic (exact) mass is 415 g/mol. The van der Waals surface area contributed by atoms with Gasteiger partial charge in [0, 0.05) is 11.9 Å². The van der Waals surface area contributed by atoms with Crippen molar-refractivity contribution in [3.8, 4) is 11.4 Å². The fourth-order valence-electron chi connectivity index (χ4n) is 3.74. The van der Waals surface area contributed by atoms with Gasteiger partial charge in [-0.1, -0.05) is 30.3 Å². The second-order valence-electron chi connectivity index (χ2n) is 7.71. The summed E-state index contributed by atoms with van der Waals surface area (Å²) in [6, 6.07) is 15.2. The van der Waals surface area contributed by atoms with E-state index in [1.54, 1.807) is 19.2 Å². The first-order valence-corrected chi connectivity index (χ1v) is 10.2. The molecule has 1 atom stereocenters. The number of nitrogens with one attached hydrogen (secondary N) is 4. The Kier molecular flexibility index (Phi) is 5.68. The lowest BCUT2D eigenvalue weighted by atomic mass is 10.1. The summed E-state index contributed by atoms with van der Waals surface area (Å²) >= 11 is 0. The molecular formula is C24H25N5O2. The van der Waals surface area contributed by atoms with Gasteiger partial charge in [-0.25, -0.2) is 4.98 Å². The second kappa shape index (κ2) is 8.57. The van der Waals surface area contributed by atoms with E-state index in [-0.39, 0.29) is 18.2 Å². The van der Waals surface area contributed by atoms with E-state index in [2.05, 4.69) is 20.3 Å². The summed E-state index contributed by atoms with van der Waals surface area (Å²) in [5, 5.41) is 21.1. The number of H-pyrrole nitrogens is 2. The maximum absolute atomic E-state index is 12.8. The van der Waals surface area contributed by atoms with Gasteiger partial charge in [-0.3, -0.25) is 4.79 Å². The highest BCUT2D eigenvalue weighted by Gasteiger charge is 2.18. The Bertz CT molecular complexity index is 1290. The first-order valence-electron chi connectivity index (χ1n) is 10.2. The number of aliphatic hydroxyl groups is 1. The SMILES string of the molecule is CC(=N)c1cc(C)c2nc(-c3c(NC(CO)Cc4ccccc4)cc[nH]c3=O)[nH]c2c1. The van der Waals surface area contributed by atoms with Crippen LogP contribution in [0, 0.1) is 12.3 Å². The van der Waals surface area contributed by atoms with Crippen molar-refractivity contribution in [1.82, 2.24) is 15.0 Å². The zero-order chi connectivity index (χ0) is 22.0. The molecule has 0 amide bonds. The fourth-order valence-corrected chi connectivity index (χ4v) is 3.74. The van der Waals surface area contributed by atoms with Crippen LogP contribution in [-0.2, 0) is 6.42 Å². The van der Waals surface area contributed by atoms with Crippen LogP contribution < -0.4 is 10.9 Å². The van der Waals surface area contributed by atoms with Gasteiger partial charge in [-0.15, -0.1) is 0 Å². The van der Waals surface area contributed by atoms with Crippen LogP contribution in [0.4, 0.5) is 5.69 Å². The van der Waals surface area contributed by atoms with Crippen molar-refractivity contribution >= 4 is 22.4 Å². The summed E-state index contributed by atoms with van der Waals surface area (Å²) in [7, 11) is 0. The van der Waals surface area contributed by atoms with Crippen LogP contribution in [0.5, 0.6) is 0 Å². The normalized spacial score (nSPS) is 12.1. The molecule has 31 heavy (non-hydrogen) atoms. The van der Waals surface area contributed by atoms with Gasteiger partial charge in [-0.05, 0) is 55.2 Å². The minimum Gasteiger partial charge on any atom is -0.394 e. The third kappa shape index (κ3) is 4.27. The Morgan fingerprint density at radius 3 is 2.71 bits per heavy atom. The van der Waals surface area contributed by atoms with Crippen LogP contribution in [0.15, 0.2) is 59.5 Å².